The molecule has 0 aliphatic carbocycles. The lowest BCUT2D eigenvalue weighted by Crippen LogP contribution is -2.67. The normalized spacial score (nSPS) is 17.0. The van der Waals surface area contributed by atoms with Crippen LogP contribution in [0, 0.1) is 5.41 Å². The zero-order valence-electron chi connectivity index (χ0n) is 21.7. The summed E-state index contributed by atoms with van der Waals surface area (Å²) < 4.78 is 10.8. The minimum Gasteiger partial charge on any atom is -0.464 e. The maximum atomic E-state index is 13.1. The number of nitrogens with zero attached hydrogens (tertiary/aromatic N) is 3. The van der Waals surface area contributed by atoms with Crippen LogP contribution in [0.15, 0.2) is 49.1 Å². The highest BCUT2D eigenvalue weighted by Gasteiger charge is 2.53. The van der Waals surface area contributed by atoms with Gasteiger partial charge >= 0.3 is 11.9 Å². The van der Waals surface area contributed by atoms with Crippen LogP contribution in [0.4, 0.5) is 0 Å². The van der Waals surface area contributed by atoms with E-state index in [4.69, 9.17) is 9.47 Å². The van der Waals surface area contributed by atoms with E-state index >= 15 is 0 Å². The van der Waals surface area contributed by atoms with E-state index in [-0.39, 0.29) is 19.6 Å². The van der Waals surface area contributed by atoms with E-state index < -0.39 is 41.1 Å². The van der Waals surface area contributed by atoms with Gasteiger partial charge in [0.15, 0.2) is 0 Å². The summed E-state index contributed by atoms with van der Waals surface area (Å²) in [5, 5.41) is 0. The first-order chi connectivity index (χ1) is 17.7. The zero-order chi connectivity index (χ0) is 26.8. The molecule has 0 saturated carbocycles. The van der Waals surface area contributed by atoms with Crippen molar-refractivity contribution in [1.82, 2.24) is 14.9 Å². The number of aryl methyl sites for hydroxylation is 2. The van der Waals surface area contributed by atoms with Crippen LogP contribution in [-0.4, -0.2) is 63.8 Å². The summed E-state index contributed by atoms with van der Waals surface area (Å²) in [6, 6.07) is 5.58. The summed E-state index contributed by atoms with van der Waals surface area (Å²) in [5.74, 6) is -2.74. The number of ether oxygens (including phenoxy) is 2. The summed E-state index contributed by atoms with van der Waals surface area (Å²) in [7, 11) is 0. The van der Waals surface area contributed by atoms with Gasteiger partial charge in [-0.15, -0.1) is 0 Å². The highest BCUT2D eigenvalue weighted by molar-refractivity contribution is 6.38. The molecule has 3 rings (SSSR count). The minimum atomic E-state index is -0.990. The first-order valence-corrected chi connectivity index (χ1v) is 12.7. The van der Waals surface area contributed by atoms with Crippen molar-refractivity contribution in [1.29, 1.82) is 0 Å². The number of amides is 1. The van der Waals surface area contributed by atoms with E-state index in [0.717, 1.165) is 16.0 Å². The molecule has 9 heteroatoms. The molecule has 198 valence electrons. The Hall–Kier alpha value is -3.62. The lowest BCUT2D eigenvalue weighted by molar-refractivity contribution is -0.179. The summed E-state index contributed by atoms with van der Waals surface area (Å²) in [6.45, 7) is 5.46. The smallest absolute Gasteiger partial charge is 0.328 e. The summed E-state index contributed by atoms with van der Waals surface area (Å²) in [6.07, 6.45) is 9.93. The Bertz CT molecular complexity index is 1010. The number of pyridine rings is 2. The van der Waals surface area contributed by atoms with Gasteiger partial charge in [-0.25, -0.2) is 9.59 Å². The summed E-state index contributed by atoms with van der Waals surface area (Å²) in [4.78, 5) is 60.8. The average Bonchev–Trinajstić information content (AvgIpc) is 2.89. The number of hydrogen-bond donors (Lipinski definition) is 0. The number of carbonyl (C=O) groups is 4. The van der Waals surface area contributed by atoms with E-state index in [1.807, 2.05) is 31.2 Å². The molecule has 1 amide bonds. The van der Waals surface area contributed by atoms with Gasteiger partial charge < -0.3 is 14.4 Å². The van der Waals surface area contributed by atoms with Gasteiger partial charge in [0.05, 0.1) is 13.2 Å². The van der Waals surface area contributed by atoms with Gasteiger partial charge in [0.2, 0.25) is 5.78 Å². The van der Waals surface area contributed by atoms with E-state index in [0.29, 0.717) is 32.1 Å². The van der Waals surface area contributed by atoms with Crippen molar-refractivity contribution in [2.45, 2.75) is 71.4 Å². The fourth-order valence-corrected chi connectivity index (χ4v) is 3.97. The molecule has 1 aliphatic rings. The van der Waals surface area contributed by atoms with Gasteiger partial charge in [0.25, 0.3) is 5.91 Å². The van der Waals surface area contributed by atoms with Crippen molar-refractivity contribution >= 4 is 23.6 Å². The lowest BCUT2D eigenvalue weighted by Gasteiger charge is -2.45. The van der Waals surface area contributed by atoms with Crippen molar-refractivity contribution in [3.63, 3.8) is 0 Å². The van der Waals surface area contributed by atoms with E-state index in [1.54, 1.807) is 38.6 Å². The summed E-state index contributed by atoms with van der Waals surface area (Å²) in [5.41, 5.74) is 1.14. The predicted molar refractivity (Wildman–Crippen MR) is 135 cm³/mol. The Morgan fingerprint density at radius 1 is 0.892 bits per heavy atom. The molecule has 37 heavy (non-hydrogen) atoms. The van der Waals surface area contributed by atoms with Gasteiger partial charge in [0, 0.05) is 36.6 Å². The van der Waals surface area contributed by atoms with E-state index in [1.165, 1.54) is 0 Å². The van der Waals surface area contributed by atoms with E-state index in [2.05, 4.69) is 9.97 Å². The van der Waals surface area contributed by atoms with Crippen molar-refractivity contribution < 1.29 is 28.7 Å². The van der Waals surface area contributed by atoms with Crippen LogP contribution in [0.2, 0.25) is 0 Å². The SMILES string of the molecule is CCC(C)(C)C(=O)C(=O)N1C(C(=O)OCCCc2cccnc2)C[C@H]1C(=O)OCCCc1cccnc1. The molecule has 0 N–H and O–H groups in total. The van der Waals surface area contributed by atoms with Crippen LogP contribution < -0.4 is 0 Å². The van der Waals surface area contributed by atoms with Gasteiger partial charge in [-0.1, -0.05) is 32.9 Å². The highest BCUT2D eigenvalue weighted by atomic mass is 16.5. The molecule has 2 aromatic heterocycles. The molecule has 3 heterocycles. The lowest BCUT2D eigenvalue weighted by atomic mass is 9.82. The number of likely N-dealkylation sites (tertiary alicyclic amines) is 1. The van der Waals surface area contributed by atoms with Crippen molar-refractivity contribution in [3.8, 4) is 0 Å². The van der Waals surface area contributed by atoms with Gasteiger partial charge in [0.1, 0.15) is 12.1 Å². The third kappa shape index (κ3) is 7.44. The first-order valence-electron chi connectivity index (χ1n) is 12.7. The number of aromatic nitrogens is 2. The second-order valence-corrected chi connectivity index (χ2v) is 9.81. The second-order valence-electron chi connectivity index (χ2n) is 9.81. The van der Waals surface area contributed by atoms with Crippen LogP contribution in [0.3, 0.4) is 0 Å². The Morgan fingerprint density at radius 3 is 1.78 bits per heavy atom. The Labute approximate surface area is 217 Å². The fraction of sp³-hybridized carbons (Fsp3) is 0.500. The van der Waals surface area contributed by atoms with Crippen molar-refractivity contribution in [2.75, 3.05) is 13.2 Å². The van der Waals surface area contributed by atoms with Crippen LogP contribution >= 0.6 is 0 Å². The number of Topliss-reactive ketones (excluding diaryl/α,β-unsaturated/α-hetero) is 1. The maximum absolute atomic E-state index is 13.1. The summed E-state index contributed by atoms with van der Waals surface area (Å²) >= 11 is 0. The molecule has 9 nitrogen and oxygen atoms in total. The fourth-order valence-electron chi connectivity index (χ4n) is 3.97. The molecule has 1 saturated heterocycles. The number of hydrogen-bond acceptors (Lipinski definition) is 8. The number of carbonyl (C=O) groups excluding carboxylic acids is 4. The molecule has 2 atom stereocenters. The molecule has 0 radical (unpaired) electrons. The Balaban J connectivity index is 1.56. The Morgan fingerprint density at radius 2 is 1.38 bits per heavy atom. The standard InChI is InChI=1S/C28H35N3O6/c1-4-28(2,3)24(32)25(33)31-22(26(34)36-15-7-11-20-9-5-13-29-18-20)17-23(31)27(35)37-16-8-12-21-10-6-14-30-19-21/h5-6,9-10,13-14,18-19,22-23H,4,7-8,11-12,15-17H2,1-3H3/t22-,23?/m0/s1. The number of ketones is 1. The third-order valence-corrected chi connectivity index (χ3v) is 6.74. The topological polar surface area (TPSA) is 116 Å². The number of rotatable bonds is 13. The molecular weight excluding hydrogens is 474 g/mol. The van der Waals surface area contributed by atoms with Gasteiger partial charge in [-0.05, 0) is 55.4 Å². The van der Waals surface area contributed by atoms with Crippen LogP contribution in [0.5, 0.6) is 0 Å². The molecule has 0 aromatic carbocycles. The molecule has 0 spiro atoms. The molecule has 1 fully saturated rings. The van der Waals surface area contributed by atoms with Gasteiger partial charge in [-0.3, -0.25) is 19.6 Å². The first kappa shape index (κ1) is 28.0. The van der Waals surface area contributed by atoms with Crippen LogP contribution in [-0.2, 0) is 41.5 Å². The quantitative estimate of drug-likeness (QED) is 0.230. The molecule has 2 aromatic rings. The molecular formula is C28H35N3O6. The number of esters is 2. The molecule has 1 unspecified atom stereocenters. The van der Waals surface area contributed by atoms with E-state index in [9.17, 15) is 19.2 Å². The van der Waals surface area contributed by atoms with Crippen LogP contribution in [0.25, 0.3) is 0 Å². The second kappa shape index (κ2) is 13.1. The Kier molecular flexibility index (Phi) is 9.88. The monoisotopic (exact) mass is 509 g/mol. The largest absolute Gasteiger partial charge is 0.464 e. The third-order valence-electron chi connectivity index (χ3n) is 6.74. The van der Waals surface area contributed by atoms with Crippen molar-refractivity contribution in [2.24, 2.45) is 5.41 Å². The maximum Gasteiger partial charge on any atom is 0.328 e. The van der Waals surface area contributed by atoms with Crippen molar-refractivity contribution in [3.05, 3.63) is 60.2 Å². The minimum absolute atomic E-state index is 0.0639. The van der Waals surface area contributed by atoms with Crippen LogP contribution in [0.1, 0.15) is 57.6 Å². The van der Waals surface area contributed by atoms with Gasteiger partial charge in [-0.2, -0.15) is 0 Å². The zero-order valence-corrected chi connectivity index (χ0v) is 21.7. The highest BCUT2D eigenvalue weighted by Crippen LogP contribution is 2.32. The predicted octanol–water partition coefficient (Wildman–Crippen LogP) is 3.10. The molecule has 1 aliphatic heterocycles. The molecule has 0 bridgehead atoms. The average molecular weight is 510 g/mol.